The molecule has 6 rings (SSSR count). The van der Waals surface area contributed by atoms with E-state index in [1.165, 1.54) is 18.4 Å². The summed E-state index contributed by atoms with van der Waals surface area (Å²) in [6, 6.07) is 6.68. The molecule has 0 unspecified atom stereocenters. The smallest absolute Gasteiger partial charge is 0.260 e. The third kappa shape index (κ3) is 3.14. The Kier molecular flexibility index (Phi) is 4.22. The summed E-state index contributed by atoms with van der Waals surface area (Å²) in [6.45, 7) is 2.82. The van der Waals surface area contributed by atoms with Crippen molar-refractivity contribution in [1.29, 1.82) is 0 Å². The van der Waals surface area contributed by atoms with E-state index in [0.29, 0.717) is 32.0 Å². The van der Waals surface area contributed by atoms with Crippen LogP contribution in [0, 0.1) is 0 Å². The molecular formula is C22H25ClFN5O. The third-order valence-corrected chi connectivity index (χ3v) is 7.27. The number of piperidine rings is 1. The first kappa shape index (κ1) is 18.8. The van der Waals surface area contributed by atoms with Crippen molar-refractivity contribution in [1.82, 2.24) is 24.6 Å². The van der Waals surface area contributed by atoms with E-state index in [-0.39, 0.29) is 11.8 Å². The molecule has 2 aromatic rings. The highest BCUT2D eigenvalue weighted by Crippen LogP contribution is 2.43. The molecule has 30 heavy (non-hydrogen) atoms. The minimum Gasteiger partial charge on any atom is -0.340 e. The predicted molar refractivity (Wildman–Crippen MR) is 110 cm³/mol. The number of halogens is 2. The molecule has 2 saturated carbocycles. The van der Waals surface area contributed by atoms with E-state index in [0.717, 1.165) is 48.3 Å². The second kappa shape index (κ2) is 6.76. The number of carbonyl (C=O) groups is 1. The summed E-state index contributed by atoms with van der Waals surface area (Å²) in [6.07, 6.45) is 4.80. The van der Waals surface area contributed by atoms with E-state index in [4.69, 9.17) is 11.6 Å². The van der Waals surface area contributed by atoms with Gasteiger partial charge in [-0.2, -0.15) is 0 Å². The van der Waals surface area contributed by atoms with Crippen LogP contribution in [0.5, 0.6) is 0 Å². The summed E-state index contributed by atoms with van der Waals surface area (Å²) >= 11 is 6.32. The Morgan fingerprint density at radius 1 is 1.10 bits per heavy atom. The maximum Gasteiger partial charge on any atom is 0.260 e. The van der Waals surface area contributed by atoms with Crippen LogP contribution in [-0.4, -0.2) is 55.3 Å². The first-order valence-electron chi connectivity index (χ1n) is 11.0. The first-order valence-corrected chi connectivity index (χ1v) is 11.3. The zero-order valence-corrected chi connectivity index (χ0v) is 17.6. The summed E-state index contributed by atoms with van der Waals surface area (Å²) in [5, 5.41) is 9.93. The molecule has 158 valence electrons. The number of carbonyl (C=O) groups excluding carboxylic acids is 1. The summed E-state index contributed by atoms with van der Waals surface area (Å²) < 4.78 is 16.4. The number of amides is 1. The van der Waals surface area contributed by atoms with Crippen LogP contribution in [0.3, 0.4) is 0 Å². The number of fused-ring (bicyclic) bond motifs is 3. The van der Waals surface area contributed by atoms with E-state index in [2.05, 4.69) is 31.8 Å². The van der Waals surface area contributed by atoms with Gasteiger partial charge in [0, 0.05) is 36.6 Å². The normalized spacial score (nSPS) is 23.6. The standard InChI is InChI=1S/C22H25ClFN5O/c23-16-1-4-18-15(11-16)12-28(17-2-3-17)13-19-25-26-20(29(18)19)14-5-9-27(10-6-14)21(30)22(24)7-8-22/h1,4,11,14,17H,2-3,5-10,12-13H2. The van der Waals surface area contributed by atoms with Crippen LogP contribution < -0.4 is 0 Å². The molecule has 8 heteroatoms. The average Bonchev–Trinajstić information content (AvgIpc) is 3.67. The highest BCUT2D eigenvalue weighted by atomic mass is 35.5. The van der Waals surface area contributed by atoms with Crippen LogP contribution >= 0.6 is 11.6 Å². The molecule has 2 aliphatic heterocycles. The molecule has 1 saturated heterocycles. The van der Waals surface area contributed by atoms with Gasteiger partial charge in [-0.25, -0.2) is 4.39 Å². The first-order chi connectivity index (χ1) is 14.5. The molecule has 0 bridgehead atoms. The Hall–Kier alpha value is -1.99. The van der Waals surface area contributed by atoms with E-state index >= 15 is 0 Å². The molecule has 3 fully saturated rings. The molecule has 0 atom stereocenters. The maximum atomic E-state index is 14.2. The van der Waals surface area contributed by atoms with Gasteiger partial charge in [-0.1, -0.05) is 11.6 Å². The van der Waals surface area contributed by atoms with Gasteiger partial charge in [0.05, 0.1) is 12.2 Å². The molecule has 1 amide bonds. The summed E-state index contributed by atoms with van der Waals surface area (Å²) in [4.78, 5) is 16.5. The van der Waals surface area contributed by atoms with Gasteiger partial charge in [0.15, 0.2) is 11.5 Å². The topological polar surface area (TPSA) is 54.3 Å². The molecule has 6 nitrogen and oxygen atoms in total. The zero-order chi connectivity index (χ0) is 20.5. The van der Waals surface area contributed by atoms with Gasteiger partial charge < -0.3 is 4.90 Å². The Balaban J connectivity index is 1.30. The van der Waals surface area contributed by atoms with Gasteiger partial charge in [0.1, 0.15) is 5.82 Å². The number of alkyl halides is 1. The Morgan fingerprint density at radius 3 is 2.57 bits per heavy atom. The quantitative estimate of drug-likeness (QED) is 0.748. The van der Waals surface area contributed by atoms with Crippen molar-refractivity contribution in [3.8, 4) is 5.69 Å². The molecule has 0 radical (unpaired) electrons. The number of benzene rings is 1. The van der Waals surface area contributed by atoms with Crippen LogP contribution in [0.15, 0.2) is 18.2 Å². The van der Waals surface area contributed by atoms with Gasteiger partial charge in [-0.3, -0.25) is 14.3 Å². The third-order valence-electron chi connectivity index (χ3n) is 7.04. The van der Waals surface area contributed by atoms with Crippen LogP contribution in [-0.2, 0) is 17.9 Å². The van der Waals surface area contributed by atoms with Gasteiger partial charge >= 0.3 is 0 Å². The summed E-state index contributed by atoms with van der Waals surface area (Å²) in [5.74, 6) is 1.82. The number of nitrogens with zero attached hydrogens (tertiary/aromatic N) is 5. The molecule has 3 heterocycles. The lowest BCUT2D eigenvalue weighted by atomic mass is 9.95. The molecule has 4 aliphatic rings. The number of hydrogen-bond acceptors (Lipinski definition) is 4. The average molecular weight is 430 g/mol. The fourth-order valence-corrected chi connectivity index (χ4v) is 5.16. The minimum absolute atomic E-state index is 0.209. The lowest BCUT2D eigenvalue weighted by molar-refractivity contribution is -0.139. The van der Waals surface area contributed by atoms with Crippen molar-refractivity contribution >= 4 is 17.5 Å². The van der Waals surface area contributed by atoms with Crippen LogP contribution in [0.2, 0.25) is 5.02 Å². The molecule has 2 aliphatic carbocycles. The van der Waals surface area contributed by atoms with Gasteiger partial charge in [0.25, 0.3) is 5.91 Å². The van der Waals surface area contributed by atoms with Crippen molar-refractivity contribution in [2.75, 3.05) is 13.1 Å². The number of likely N-dealkylation sites (tertiary alicyclic amines) is 1. The number of hydrogen-bond donors (Lipinski definition) is 0. The van der Waals surface area contributed by atoms with Crippen LogP contribution in [0.1, 0.15) is 61.7 Å². The summed E-state index contributed by atoms with van der Waals surface area (Å²) in [5.41, 5.74) is 0.732. The molecular weight excluding hydrogens is 405 g/mol. The van der Waals surface area contributed by atoms with Gasteiger partial charge in [-0.15, -0.1) is 10.2 Å². The maximum absolute atomic E-state index is 14.2. The van der Waals surface area contributed by atoms with Crippen molar-refractivity contribution < 1.29 is 9.18 Å². The Morgan fingerprint density at radius 2 is 1.87 bits per heavy atom. The number of rotatable bonds is 3. The lowest BCUT2D eigenvalue weighted by Crippen LogP contribution is -2.43. The minimum atomic E-state index is -1.58. The molecule has 1 aromatic carbocycles. The lowest BCUT2D eigenvalue weighted by Gasteiger charge is -2.32. The van der Waals surface area contributed by atoms with Gasteiger partial charge in [0.2, 0.25) is 0 Å². The van der Waals surface area contributed by atoms with E-state index in [1.807, 2.05) is 6.07 Å². The van der Waals surface area contributed by atoms with E-state index in [9.17, 15) is 9.18 Å². The molecule has 0 N–H and O–H groups in total. The second-order valence-corrected chi connectivity index (χ2v) is 9.69. The van der Waals surface area contributed by atoms with Crippen molar-refractivity contribution in [2.45, 2.75) is 69.2 Å². The van der Waals surface area contributed by atoms with Gasteiger partial charge in [-0.05, 0) is 62.3 Å². The largest absolute Gasteiger partial charge is 0.340 e. The predicted octanol–water partition coefficient (Wildman–Crippen LogP) is 3.61. The van der Waals surface area contributed by atoms with Crippen molar-refractivity contribution in [3.63, 3.8) is 0 Å². The summed E-state index contributed by atoms with van der Waals surface area (Å²) in [7, 11) is 0. The van der Waals surface area contributed by atoms with E-state index < -0.39 is 5.67 Å². The second-order valence-electron chi connectivity index (χ2n) is 9.25. The fourth-order valence-electron chi connectivity index (χ4n) is 4.96. The highest BCUT2D eigenvalue weighted by molar-refractivity contribution is 6.30. The zero-order valence-electron chi connectivity index (χ0n) is 16.9. The SMILES string of the molecule is O=C(N1CCC(c2nnc3n2-c2ccc(Cl)cc2CN(C2CC2)C3)CC1)C1(F)CC1. The number of aromatic nitrogens is 3. The highest BCUT2D eigenvalue weighted by Gasteiger charge is 2.53. The Bertz CT molecular complexity index is 1010. The van der Waals surface area contributed by atoms with Crippen molar-refractivity contribution in [3.05, 3.63) is 40.4 Å². The monoisotopic (exact) mass is 429 g/mol. The van der Waals surface area contributed by atoms with Crippen LogP contribution in [0.4, 0.5) is 4.39 Å². The molecule has 0 spiro atoms. The fraction of sp³-hybridized carbons (Fsp3) is 0.591. The van der Waals surface area contributed by atoms with Crippen molar-refractivity contribution in [2.24, 2.45) is 0 Å². The van der Waals surface area contributed by atoms with E-state index in [1.54, 1.807) is 4.90 Å². The molecule has 1 aromatic heterocycles. The Labute approximate surface area is 180 Å². The van der Waals surface area contributed by atoms with Crippen LogP contribution in [0.25, 0.3) is 5.69 Å².